The number of methoxy groups -OCH3 is 2. The van der Waals surface area contributed by atoms with Crippen LogP contribution in [-0.2, 0) is 4.79 Å². The van der Waals surface area contributed by atoms with Gasteiger partial charge >= 0.3 is 6.03 Å². The summed E-state index contributed by atoms with van der Waals surface area (Å²) in [6.45, 7) is 4.41. The molecule has 4 aromatic rings. The predicted octanol–water partition coefficient (Wildman–Crippen LogP) is 3.62. The van der Waals surface area contributed by atoms with Gasteiger partial charge in [0.1, 0.15) is 23.1 Å². The smallest absolute Gasteiger partial charge is 0.327 e. The third-order valence-corrected chi connectivity index (χ3v) is 7.80. The largest absolute Gasteiger partial charge is 0.497 e. The van der Waals surface area contributed by atoms with Crippen molar-refractivity contribution in [3.05, 3.63) is 88.5 Å². The highest BCUT2D eigenvalue weighted by Gasteiger charge is 2.33. The van der Waals surface area contributed by atoms with Gasteiger partial charge in [0, 0.05) is 30.9 Å². The monoisotopic (exact) mass is 635 g/mol. The number of amides is 3. The van der Waals surface area contributed by atoms with Crippen molar-refractivity contribution in [1.82, 2.24) is 14.6 Å². The lowest BCUT2D eigenvalue weighted by molar-refractivity contribution is -0.132. The average molecular weight is 636 g/mol. The number of nitrogens with zero attached hydrogens (tertiary/aromatic N) is 5. The maximum atomic E-state index is 14.4. The molecule has 3 amide bonds. The number of aromatic nitrogens is 2. The van der Waals surface area contributed by atoms with E-state index in [4.69, 9.17) is 20.2 Å². The normalized spacial score (nSPS) is 14.5. The van der Waals surface area contributed by atoms with Crippen LogP contribution < -0.4 is 36.0 Å². The summed E-state index contributed by atoms with van der Waals surface area (Å²) in [5.74, 6) is -0.377. The summed E-state index contributed by atoms with van der Waals surface area (Å²) in [4.78, 5) is 48.5. The number of fused-ring (bicyclic) bond motifs is 1. The van der Waals surface area contributed by atoms with Gasteiger partial charge < -0.3 is 30.4 Å². The van der Waals surface area contributed by atoms with Crippen LogP contribution in [0.5, 0.6) is 11.5 Å². The number of urea groups is 1. The molecular weight excluding hydrogens is 600 g/mol. The molecule has 0 spiro atoms. The first-order chi connectivity index (χ1) is 22.0. The van der Waals surface area contributed by atoms with Crippen LogP contribution >= 0.6 is 0 Å². The summed E-state index contributed by atoms with van der Waals surface area (Å²) in [7, 11) is 2.93. The summed E-state index contributed by atoms with van der Waals surface area (Å²) in [5.41, 5.74) is 6.07. The number of hydrogen-bond acceptors (Lipinski definition) is 8. The van der Waals surface area contributed by atoms with Gasteiger partial charge in [-0.3, -0.25) is 14.5 Å². The van der Waals surface area contributed by atoms with Crippen molar-refractivity contribution in [1.29, 1.82) is 0 Å². The van der Waals surface area contributed by atoms with Gasteiger partial charge in [-0.1, -0.05) is 0 Å². The van der Waals surface area contributed by atoms with E-state index in [1.165, 1.54) is 60.2 Å². The molecule has 14 heteroatoms. The van der Waals surface area contributed by atoms with E-state index in [1.54, 1.807) is 42.0 Å². The molecule has 0 saturated carbocycles. The van der Waals surface area contributed by atoms with E-state index in [2.05, 4.69) is 5.32 Å². The van der Waals surface area contributed by atoms with Crippen LogP contribution in [-0.4, -0.2) is 72.9 Å². The fourth-order valence-electron chi connectivity index (χ4n) is 5.43. The minimum Gasteiger partial charge on any atom is -0.497 e. The topological polar surface area (TPSA) is 135 Å². The number of anilines is 2. The standard InChI is InChI=1S/C32H35F2N7O5/c1-19(35)30(42)38-13-15-39(16-14-38)41-29(37-26-17-22(34)7-11-25(26)31(41)43)20(2)40(27-12-10-24(45-3)18-28(27)46-4)32(44)36-23-8-5-21(33)6-9-23/h5-12,17-20H,13-16,35H2,1-4H3,(H,36,44). The molecular formula is C32H35F2N7O5. The lowest BCUT2D eigenvalue weighted by Crippen LogP contribution is -2.58. The van der Waals surface area contributed by atoms with Crippen molar-refractivity contribution in [2.24, 2.45) is 5.73 Å². The molecule has 1 aliphatic rings. The molecule has 1 aliphatic heterocycles. The molecule has 242 valence electrons. The van der Waals surface area contributed by atoms with Crippen molar-refractivity contribution >= 4 is 34.2 Å². The average Bonchev–Trinajstić information content (AvgIpc) is 3.05. The molecule has 0 radical (unpaired) electrons. The van der Waals surface area contributed by atoms with E-state index in [0.717, 1.165) is 6.07 Å². The lowest BCUT2D eigenvalue weighted by Gasteiger charge is -2.39. The van der Waals surface area contributed by atoms with Crippen LogP contribution in [0.3, 0.4) is 0 Å². The molecule has 3 aromatic carbocycles. The molecule has 2 heterocycles. The quantitative estimate of drug-likeness (QED) is 0.300. The van der Waals surface area contributed by atoms with Crippen LogP contribution in [0.15, 0.2) is 65.5 Å². The van der Waals surface area contributed by atoms with Gasteiger partial charge in [-0.25, -0.2) is 23.2 Å². The van der Waals surface area contributed by atoms with Crippen molar-refractivity contribution in [2.75, 3.05) is 55.6 Å². The van der Waals surface area contributed by atoms with Gasteiger partial charge in [-0.2, -0.15) is 0 Å². The predicted molar refractivity (Wildman–Crippen MR) is 170 cm³/mol. The van der Waals surface area contributed by atoms with Crippen LogP contribution in [0.4, 0.5) is 25.0 Å². The van der Waals surface area contributed by atoms with Crippen molar-refractivity contribution in [3.63, 3.8) is 0 Å². The van der Waals surface area contributed by atoms with Crippen LogP contribution in [0.25, 0.3) is 10.9 Å². The third-order valence-electron chi connectivity index (χ3n) is 7.80. The minimum absolute atomic E-state index is 0.106. The first-order valence-electron chi connectivity index (χ1n) is 14.6. The third kappa shape index (κ3) is 6.42. The number of piperazine rings is 1. The molecule has 1 aromatic heterocycles. The van der Waals surface area contributed by atoms with Crippen molar-refractivity contribution < 1.29 is 27.8 Å². The first-order valence-corrected chi connectivity index (χ1v) is 14.6. The van der Waals surface area contributed by atoms with Gasteiger partial charge in [-0.05, 0) is 62.4 Å². The van der Waals surface area contributed by atoms with Crippen LogP contribution in [0, 0.1) is 11.6 Å². The Morgan fingerprint density at radius 3 is 2.24 bits per heavy atom. The van der Waals surface area contributed by atoms with E-state index in [1.807, 2.05) is 0 Å². The van der Waals surface area contributed by atoms with Gasteiger partial charge in [-0.15, -0.1) is 0 Å². The molecule has 2 unspecified atom stereocenters. The Bertz CT molecular complexity index is 1810. The molecule has 3 N–H and O–H groups in total. The number of hydrogen-bond donors (Lipinski definition) is 2. The number of nitrogens with two attached hydrogens (primary N) is 1. The fourth-order valence-corrected chi connectivity index (χ4v) is 5.43. The second-order valence-electron chi connectivity index (χ2n) is 10.8. The lowest BCUT2D eigenvalue weighted by atomic mass is 10.1. The van der Waals surface area contributed by atoms with Crippen LogP contribution in [0.2, 0.25) is 0 Å². The summed E-state index contributed by atoms with van der Waals surface area (Å²) in [6.07, 6.45) is 0. The summed E-state index contributed by atoms with van der Waals surface area (Å²) in [5, 5.41) is 4.70. The minimum atomic E-state index is -0.966. The zero-order valence-corrected chi connectivity index (χ0v) is 25.9. The zero-order valence-electron chi connectivity index (χ0n) is 25.9. The molecule has 46 heavy (non-hydrogen) atoms. The van der Waals surface area contributed by atoms with E-state index < -0.39 is 35.3 Å². The van der Waals surface area contributed by atoms with E-state index in [0.29, 0.717) is 30.2 Å². The van der Waals surface area contributed by atoms with Gasteiger partial charge in [0.25, 0.3) is 5.56 Å². The zero-order chi connectivity index (χ0) is 33.1. The molecule has 0 bridgehead atoms. The number of rotatable bonds is 8. The highest BCUT2D eigenvalue weighted by molar-refractivity contribution is 6.03. The molecule has 1 fully saturated rings. The van der Waals surface area contributed by atoms with Gasteiger partial charge in [0.2, 0.25) is 5.91 Å². The second kappa shape index (κ2) is 13.4. The first kappa shape index (κ1) is 32.2. The van der Waals surface area contributed by atoms with Gasteiger partial charge in [0.05, 0.1) is 56.0 Å². The molecule has 5 rings (SSSR count). The number of benzene rings is 3. The fraction of sp³-hybridized carbons (Fsp3) is 0.312. The highest BCUT2D eigenvalue weighted by Crippen LogP contribution is 2.37. The van der Waals surface area contributed by atoms with Crippen LogP contribution in [0.1, 0.15) is 25.7 Å². The van der Waals surface area contributed by atoms with Crippen molar-refractivity contribution in [3.8, 4) is 11.5 Å². The number of carbonyl (C=O) groups excluding carboxylic acids is 2. The van der Waals surface area contributed by atoms with Gasteiger partial charge in [0.15, 0.2) is 5.82 Å². The number of carbonyl (C=O) groups is 2. The Labute approximate surface area is 263 Å². The SMILES string of the molecule is COc1ccc(N(C(=O)Nc2ccc(F)cc2)C(C)c2nc3cc(F)ccc3c(=O)n2N2CCN(C(=O)C(C)N)CC2)c(OC)c1. The Kier molecular flexibility index (Phi) is 9.37. The molecule has 1 saturated heterocycles. The Morgan fingerprint density at radius 2 is 1.61 bits per heavy atom. The maximum Gasteiger partial charge on any atom is 0.327 e. The van der Waals surface area contributed by atoms with Crippen molar-refractivity contribution in [2.45, 2.75) is 25.9 Å². The number of nitrogens with one attached hydrogen (secondary N) is 1. The van der Waals surface area contributed by atoms with E-state index in [-0.39, 0.29) is 41.5 Å². The Morgan fingerprint density at radius 1 is 0.935 bits per heavy atom. The molecule has 0 aliphatic carbocycles. The molecule has 12 nitrogen and oxygen atoms in total. The summed E-state index contributed by atoms with van der Waals surface area (Å²) >= 11 is 0. The number of ether oxygens (including phenoxy) is 2. The summed E-state index contributed by atoms with van der Waals surface area (Å²) in [6, 6.07) is 11.6. The highest BCUT2D eigenvalue weighted by atomic mass is 19.1. The number of halogens is 2. The molecule has 2 atom stereocenters. The second-order valence-corrected chi connectivity index (χ2v) is 10.8. The Balaban J connectivity index is 1.65. The van der Waals surface area contributed by atoms with E-state index in [9.17, 15) is 23.2 Å². The Hall–Kier alpha value is -5.24. The summed E-state index contributed by atoms with van der Waals surface area (Å²) < 4.78 is 40.4. The van der Waals surface area contributed by atoms with E-state index >= 15 is 0 Å². The maximum absolute atomic E-state index is 14.4.